The zero-order chi connectivity index (χ0) is 58.6. The van der Waals surface area contributed by atoms with E-state index in [0.717, 1.165) is 93.0 Å². The third kappa shape index (κ3) is 15.2. The van der Waals surface area contributed by atoms with Gasteiger partial charge in [-0.05, 0) is 78.1 Å². The lowest BCUT2D eigenvalue weighted by atomic mass is 9.70. The SMILES string of the molecule is CCc1cc2c(cc1N1CCC(NC(=O)CCOCCOCCOCCOCCOCCC(=O)NC(C(=O)N3C[C@H](O)C[C@H]3C(=O)NCc3ccc(-c4scnc4C)cc3)C(C)(C)C)CC1)C(C)(C)c1[nH]c3cc(C#N)ccc3c1C2=O. The van der Waals surface area contributed by atoms with Crippen LogP contribution in [0.5, 0.6) is 0 Å². The van der Waals surface area contributed by atoms with Gasteiger partial charge in [-0.15, -0.1) is 11.3 Å². The number of carbonyl (C=O) groups is 5. The molecule has 1 unspecified atom stereocenters. The minimum absolute atomic E-state index is 0.00788. The number of thiazole rings is 1. The van der Waals surface area contributed by atoms with Gasteiger partial charge >= 0.3 is 0 Å². The van der Waals surface area contributed by atoms with Gasteiger partial charge < -0.3 is 59.5 Å². The van der Waals surface area contributed by atoms with Crippen LogP contribution in [0.2, 0.25) is 0 Å². The first-order chi connectivity index (χ1) is 39.4. The van der Waals surface area contributed by atoms with E-state index in [-0.39, 0.29) is 75.1 Å². The van der Waals surface area contributed by atoms with Gasteiger partial charge in [-0.2, -0.15) is 5.26 Å². The van der Waals surface area contributed by atoms with E-state index in [4.69, 9.17) is 23.7 Å². The number of nitrogens with one attached hydrogen (secondary N) is 4. The number of hydrogen-bond donors (Lipinski definition) is 5. The maximum Gasteiger partial charge on any atom is 0.246 e. The molecule has 20 heteroatoms. The van der Waals surface area contributed by atoms with Gasteiger partial charge in [0.15, 0.2) is 5.78 Å². The Morgan fingerprint density at radius 2 is 1.50 bits per heavy atom. The number of aromatic nitrogens is 2. The van der Waals surface area contributed by atoms with E-state index < -0.39 is 34.9 Å². The summed E-state index contributed by atoms with van der Waals surface area (Å²) in [5, 5.41) is 29.9. The van der Waals surface area contributed by atoms with Crippen LogP contribution in [0.15, 0.2) is 60.1 Å². The van der Waals surface area contributed by atoms with E-state index in [0.29, 0.717) is 64.0 Å². The fourth-order valence-corrected chi connectivity index (χ4v) is 11.9. The van der Waals surface area contributed by atoms with Crippen LogP contribution < -0.4 is 20.9 Å². The number of aromatic amines is 1. The van der Waals surface area contributed by atoms with E-state index in [1.165, 1.54) is 4.90 Å². The van der Waals surface area contributed by atoms with Gasteiger partial charge in [0.25, 0.3) is 0 Å². The molecule has 82 heavy (non-hydrogen) atoms. The molecule has 2 aliphatic heterocycles. The Bertz CT molecular complexity index is 3080. The monoisotopic (exact) mass is 1140 g/mol. The summed E-state index contributed by atoms with van der Waals surface area (Å²) in [4.78, 5) is 80.1. The number of carbonyl (C=O) groups excluding carboxylic acids is 5. The third-order valence-electron chi connectivity index (χ3n) is 15.6. The number of hydrogen-bond acceptors (Lipinski definition) is 15. The molecule has 1 aliphatic carbocycles. The number of anilines is 1. The molecule has 440 valence electrons. The molecule has 2 saturated heterocycles. The maximum absolute atomic E-state index is 14.1. The van der Waals surface area contributed by atoms with Crippen LogP contribution in [-0.4, -0.2) is 159 Å². The standard InChI is InChI=1S/C62H80N8O11S/c1-8-42-32-47-48(62(6,7)57-54(55(47)74)46-14-11-41(35-63)31-49(46)67-57)34-50(42)69-19-15-44(16-20-69)66-52(72)17-21-77-23-25-79-27-29-81-30-28-80-26-24-78-22-18-53(73)68-58(61(3,4)5)60(76)70-37-45(71)33-51(70)59(75)64-36-40-9-12-43(13-10-40)56-39(2)65-38-82-56/h9-14,31-32,34,38,44-45,51,58,67,71H,8,15-30,33,36-37H2,1-7H3,(H,64,75)(H,66,72)(H,68,73)/t45-,51+,58?/m1/s1. The van der Waals surface area contributed by atoms with Gasteiger partial charge in [0.2, 0.25) is 23.6 Å². The lowest BCUT2D eigenvalue weighted by molar-refractivity contribution is -0.144. The van der Waals surface area contributed by atoms with Gasteiger partial charge in [-0.1, -0.05) is 71.9 Å². The lowest BCUT2D eigenvalue weighted by Gasteiger charge is -2.38. The topological polar surface area (TPSA) is 247 Å². The Balaban J connectivity index is 0.629. The van der Waals surface area contributed by atoms with Gasteiger partial charge in [0, 0.05) is 84.7 Å². The van der Waals surface area contributed by atoms with Crippen molar-refractivity contribution in [2.45, 2.75) is 123 Å². The molecule has 5 N–H and O–H groups in total. The summed E-state index contributed by atoms with van der Waals surface area (Å²) >= 11 is 1.57. The highest BCUT2D eigenvalue weighted by molar-refractivity contribution is 7.13. The number of rotatable bonds is 27. The average molecular weight is 1150 g/mol. The number of ether oxygens (including phenoxy) is 5. The smallest absolute Gasteiger partial charge is 0.246 e. The van der Waals surface area contributed by atoms with Crippen molar-refractivity contribution in [3.63, 3.8) is 0 Å². The van der Waals surface area contributed by atoms with E-state index in [1.54, 1.807) is 17.4 Å². The summed E-state index contributed by atoms with van der Waals surface area (Å²) in [7, 11) is 0. The number of amides is 4. The summed E-state index contributed by atoms with van der Waals surface area (Å²) in [5.74, 6) is -1.20. The van der Waals surface area contributed by atoms with E-state index in [1.807, 2.05) is 69.6 Å². The second-order valence-corrected chi connectivity index (χ2v) is 23.8. The average Bonchev–Trinajstić information content (AvgIpc) is 2.63. The Kier molecular flexibility index (Phi) is 21.1. The highest BCUT2D eigenvalue weighted by Crippen LogP contribution is 2.46. The number of nitriles is 1. The van der Waals surface area contributed by atoms with Crippen molar-refractivity contribution in [3.05, 3.63) is 105 Å². The van der Waals surface area contributed by atoms with Crippen LogP contribution in [0, 0.1) is 23.7 Å². The number of H-pyrrole nitrogens is 1. The van der Waals surface area contributed by atoms with Crippen LogP contribution in [-0.2, 0) is 61.2 Å². The number of β-amino-alcohol motifs (C(OH)–C–C–N with tert-alkyl or cyclic N) is 1. The first kappa shape index (κ1) is 61.5. The van der Waals surface area contributed by atoms with Crippen LogP contribution in [0.4, 0.5) is 5.69 Å². The zero-order valence-electron chi connectivity index (χ0n) is 48.5. The number of fused-ring (bicyclic) bond motifs is 4. The molecule has 0 saturated carbocycles. The third-order valence-corrected chi connectivity index (χ3v) is 16.6. The molecule has 3 aromatic carbocycles. The van der Waals surface area contributed by atoms with Crippen molar-refractivity contribution in [1.82, 2.24) is 30.8 Å². The molecule has 0 radical (unpaired) electrons. The van der Waals surface area contributed by atoms with Gasteiger partial charge in [0.05, 0.1) is 105 Å². The van der Waals surface area contributed by atoms with Crippen molar-refractivity contribution in [1.29, 1.82) is 5.26 Å². The van der Waals surface area contributed by atoms with Gasteiger partial charge in [-0.3, -0.25) is 24.0 Å². The first-order valence-electron chi connectivity index (χ1n) is 28.6. The van der Waals surface area contributed by atoms with E-state index >= 15 is 0 Å². The number of aliphatic hydroxyl groups is 1. The van der Waals surface area contributed by atoms with Crippen molar-refractivity contribution in [2.24, 2.45) is 5.41 Å². The van der Waals surface area contributed by atoms with Crippen LogP contribution >= 0.6 is 11.3 Å². The van der Waals surface area contributed by atoms with Crippen LogP contribution in [0.25, 0.3) is 21.3 Å². The molecule has 4 heterocycles. The first-order valence-corrected chi connectivity index (χ1v) is 29.5. The second kappa shape index (κ2) is 28.1. The molecular formula is C62H80N8O11S. The lowest BCUT2D eigenvalue weighted by Crippen LogP contribution is -2.57. The van der Waals surface area contributed by atoms with Crippen molar-refractivity contribution < 1.29 is 52.8 Å². The number of nitrogens with zero attached hydrogens (tertiary/aromatic N) is 4. The Hall–Kier alpha value is -6.57. The highest BCUT2D eigenvalue weighted by Gasteiger charge is 2.45. The largest absolute Gasteiger partial charge is 0.391 e. The Morgan fingerprint density at radius 1 is 0.878 bits per heavy atom. The normalized spacial score (nSPS) is 17.3. The Labute approximate surface area is 484 Å². The van der Waals surface area contributed by atoms with Crippen LogP contribution in [0.3, 0.4) is 0 Å². The molecule has 5 aromatic rings. The zero-order valence-corrected chi connectivity index (χ0v) is 49.3. The number of ketones is 1. The molecule has 3 aliphatic rings. The minimum atomic E-state index is -0.937. The van der Waals surface area contributed by atoms with Crippen LogP contribution in [0.1, 0.15) is 123 Å². The molecule has 4 amide bonds. The fourth-order valence-electron chi connectivity index (χ4n) is 11.0. The summed E-state index contributed by atoms with van der Waals surface area (Å²) in [6.07, 6.45) is 1.90. The second-order valence-electron chi connectivity index (χ2n) is 22.9. The summed E-state index contributed by atoms with van der Waals surface area (Å²) in [6.45, 7) is 18.9. The van der Waals surface area contributed by atoms with Gasteiger partial charge in [-0.25, -0.2) is 4.98 Å². The summed E-state index contributed by atoms with van der Waals surface area (Å²) < 4.78 is 28.1. The molecule has 8 rings (SSSR count). The molecule has 0 spiro atoms. The minimum Gasteiger partial charge on any atom is -0.391 e. The van der Waals surface area contributed by atoms with E-state index in [9.17, 15) is 34.3 Å². The highest BCUT2D eigenvalue weighted by atomic mass is 32.1. The molecule has 0 bridgehead atoms. The summed E-state index contributed by atoms with van der Waals surface area (Å²) in [5.41, 5.74) is 10.4. The number of aliphatic hydroxyl groups excluding tert-OH is 1. The maximum atomic E-state index is 14.1. The molecule has 19 nitrogen and oxygen atoms in total. The quantitative estimate of drug-likeness (QED) is 0.0345. The molecular weight excluding hydrogens is 1060 g/mol. The number of benzene rings is 3. The fraction of sp³-hybridized carbons (Fsp3) is 0.532. The Morgan fingerprint density at radius 3 is 2.09 bits per heavy atom. The number of likely N-dealkylation sites (tertiary alicyclic amines) is 1. The van der Waals surface area contributed by atoms with Crippen molar-refractivity contribution in [2.75, 3.05) is 90.6 Å². The van der Waals surface area contributed by atoms with E-state index in [2.05, 4.69) is 69.8 Å². The predicted octanol–water partition coefficient (Wildman–Crippen LogP) is 6.66. The number of aryl methyl sites for hydroxylation is 2. The van der Waals surface area contributed by atoms with Crippen molar-refractivity contribution in [3.8, 4) is 16.5 Å². The van der Waals surface area contributed by atoms with Crippen molar-refractivity contribution >= 4 is 57.3 Å². The summed E-state index contributed by atoms with van der Waals surface area (Å²) in [6, 6.07) is 18.0. The predicted molar refractivity (Wildman–Crippen MR) is 313 cm³/mol. The molecule has 3 atom stereocenters. The molecule has 2 fully saturated rings. The molecule has 2 aromatic heterocycles. The van der Waals surface area contributed by atoms with Gasteiger partial charge in [0.1, 0.15) is 12.1 Å². The number of piperidine rings is 1.